The van der Waals surface area contributed by atoms with Gasteiger partial charge in [0.25, 0.3) is 0 Å². The fourth-order valence-electron chi connectivity index (χ4n) is 4.34. The van der Waals surface area contributed by atoms with Gasteiger partial charge >= 0.3 is 6.09 Å². The van der Waals surface area contributed by atoms with Crippen LogP contribution in [0.5, 0.6) is 0 Å². The Morgan fingerprint density at radius 1 is 1.18 bits per heavy atom. The van der Waals surface area contributed by atoms with Crippen molar-refractivity contribution in [2.45, 2.75) is 50.6 Å². The van der Waals surface area contributed by atoms with Gasteiger partial charge in [0.2, 0.25) is 10.0 Å². The van der Waals surface area contributed by atoms with Crippen LogP contribution in [0.1, 0.15) is 45.3 Å². The average molecular weight is 502 g/mol. The second-order valence-corrected chi connectivity index (χ2v) is 14.3. The van der Waals surface area contributed by atoms with E-state index in [0.717, 1.165) is 5.75 Å². The molecular weight excluding hydrogens is 464 g/mol. The normalized spacial score (nSPS) is 23.5. The third kappa shape index (κ3) is 6.15. The van der Waals surface area contributed by atoms with E-state index in [2.05, 4.69) is 12.5 Å². The predicted molar refractivity (Wildman–Crippen MR) is 132 cm³/mol. The van der Waals surface area contributed by atoms with Gasteiger partial charge in [-0.1, -0.05) is 18.2 Å². The van der Waals surface area contributed by atoms with Crippen LogP contribution in [0.3, 0.4) is 0 Å². The van der Waals surface area contributed by atoms with E-state index in [-0.39, 0.29) is 29.6 Å². The molecule has 186 valence electrons. The highest BCUT2D eigenvalue weighted by Gasteiger charge is 2.49. The summed E-state index contributed by atoms with van der Waals surface area (Å²) in [6.07, 6.45) is 3.67. The number of benzene rings is 1. The number of para-hydroxylation sites is 1. The Kier molecular flexibility index (Phi) is 8.24. The highest BCUT2D eigenvalue weighted by atomic mass is 32.2. The van der Waals surface area contributed by atoms with Crippen LogP contribution in [0.4, 0.5) is 10.5 Å². The number of likely N-dealkylation sites (tertiary alicyclic amines) is 1. The molecule has 1 fully saturated rings. The molecule has 0 aliphatic carbocycles. The lowest BCUT2D eigenvalue weighted by Crippen LogP contribution is -2.53. The average Bonchev–Trinajstić information content (AvgIpc) is 2.72. The summed E-state index contributed by atoms with van der Waals surface area (Å²) in [4.78, 5) is 14.0. The molecule has 3 rings (SSSR count). The smallest absolute Gasteiger partial charge is 0.410 e. The molecule has 33 heavy (non-hydrogen) atoms. The first-order valence-electron chi connectivity index (χ1n) is 11.3. The van der Waals surface area contributed by atoms with Crippen LogP contribution in [0.2, 0.25) is 0 Å². The van der Waals surface area contributed by atoms with Crippen molar-refractivity contribution in [2.75, 3.05) is 49.0 Å². The summed E-state index contributed by atoms with van der Waals surface area (Å²) < 4.78 is 39.9. The molecule has 1 aromatic carbocycles. The monoisotopic (exact) mass is 501 g/mol. The number of ether oxygens (including phenoxy) is 2. The van der Waals surface area contributed by atoms with E-state index in [0.29, 0.717) is 43.8 Å². The van der Waals surface area contributed by atoms with E-state index in [1.807, 2.05) is 20.8 Å². The highest BCUT2D eigenvalue weighted by molar-refractivity contribution is 7.95. The van der Waals surface area contributed by atoms with Crippen molar-refractivity contribution in [3.05, 3.63) is 29.8 Å². The molecule has 0 radical (unpaired) electrons. The van der Waals surface area contributed by atoms with Crippen LogP contribution < -0.4 is 4.31 Å². The SMILES string of the molecule is C[S+](C)CCOCN1c2ccccc2C(O)C(C2CCN(C(=O)OC(C)(C)C)CC2)S1(=O)=O. The van der Waals surface area contributed by atoms with Gasteiger partial charge in [-0.3, -0.25) is 0 Å². The number of carbonyl (C=O) groups excluding carboxylic acids is 1. The van der Waals surface area contributed by atoms with Crippen molar-refractivity contribution < 1.29 is 27.8 Å². The first-order valence-corrected chi connectivity index (χ1v) is 15.0. The van der Waals surface area contributed by atoms with Crippen molar-refractivity contribution in [1.82, 2.24) is 4.90 Å². The molecule has 10 heteroatoms. The minimum absolute atomic E-state index is 0.0729. The molecule has 0 spiro atoms. The molecule has 0 bridgehead atoms. The lowest BCUT2D eigenvalue weighted by atomic mass is 9.88. The van der Waals surface area contributed by atoms with Gasteiger partial charge in [-0.25, -0.2) is 17.5 Å². The summed E-state index contributed by atoms with van der Waals surface area (Å²) in [5.74, 6) is 0.585. The maximum absolute atomic E-state index is 13.7. The quantitative estimate of drug-likeness (QED) is 0.476. The molecule has 2 aliphatic rings. The summed E-state index contributed by atoms with van der Waals surface area (Å²) in [6, 6.07) is 7.06. The first kappa shape index (κ1) is 26.1. The number of anilines is 1. The fraction of sp³-hybridized carbons (Fsp3) is 0.696. The molecule has 2 heterocycles. The van der Waals surface area contributed by atoms with E-state index in [4.69, 9.17) is 9.47 Å². The van der Waals surface area contributed by atoms with E-state index in [9.17, 15) is 18.3 Å². The van der Waals surface area contributed by atoms with Gasteiger partial charge in [-0.05, 0) is 56.5 Å². The number of nitrogens with zero attached hydrogens (tertiary/aromatic N) is 2. The van der Waals surface area contributed by atoms with Gasteiger partial charge in [0.15, 0.2) is 0 Å². The first-order chi connectivity index (χ1) is 15.4. The maximum Gasteiger partial charge on any atom is 0.410 e. The van der Waals surface area contributed by atoms with E-state index < -0.39 is 27.0 Å². The molecule has 0 aromatic heterocycles. The molecule has 1 aromatic rings. The van der Waals surface area contributed by atoms with Crippen molar-refractivity contribution in [3.63, 3.8) is 0 Å². The molecular formula is C23H37N2O6S2+. The van der Waals surface area contributed by atoms with Crippen LogP contribution in [-0.4, -0.2) is 80.1 Å². The number of rotatable bonds is 6. The molecule has 1 N–H and O–H groups in total. The number of piperidine rings is 1. The van der Waals surface area contributed by atoms with Crippen LogP contribution in [0, 0.1) is 5.92 Å². The van der Waals surface area contributed by atoms with Crippen LogP contribution in [0.25, 0.3) is 0 Å². The van der Waals surface area contributed by atoms with Gasteiger partial charge in [0.05, 0.1) is 30.9 Å². The summed E-state index contributed by atoms with van der Waals surface area (Å²) in [5, 5.41) is 10.2. The summed E-state index contributed by atoms with van der Waals surface area (Å²) in [5.41, 5.74) is 0.484. The summed E-state index contributed by atoms with van der Waals surface area (Å²) in [7, 11) is -3.66. The van der Waals surface area contributed by atoms with Crippen LogP contribution >= 0.6 is 0 Å². The Morgan fingerprint density at radius 2 is 1.82 bits per heavy atom. The zero-order chi connectivity index (χ0) is 24.4. The number of fused-ring (bicyclic) bond motifs is 1. The largest absolute Gasteiger partial charge is 0.444 e. The standard InChI is InChI=1S/C23H37N2O6S2/c1-23(2,3)31-22(27)24-12-10-17(11-13-24)21-20(26)18-8-6-7-9-19(18)25(33(21,28)29)16-30-14-15-32(4)5/h6-9,17,20-21,26H,10-16H2,1-5H3/q+1. The molecule has 8 nitrogen and oxygen atoms in total. The van der Waals surface area contributed by atoms with Crippen molar-refractivity contribution in [1.29, 1.82) is 0 Å². The minimum atomic E-state index is -3.87. The predicted octanol–water partition coefficient (Wildman–Crippen LogP) is 2.74. The Balaban J connectivity index is 1.78. The molecule has 2 unspecified atom stereocenters. The minimum Gasteiger partial charge on any atom is -0.444 e. The highest BCUT2D eigenvalue weighted by Crippen LogP contribution is 2.44. The van der Waals surface area contributed by atoms with Crippen LogP contribution in [0.15, 0.2) is 24.3 Å². The lowest BCUT2D eigenvalue weighted by Gasteiger charge is -2.43. The summed E-state index contributed by atoms with van der Waals surface area (Å²) >= 11 is 0. The number of aliphatic hydroxyl groups is 1. The number of aliphatic hydroxyl groups excluding tert-OH is 1. The maximum atomic E-state index is 13.7. The third-order valence-corrected chi connectivity index (χ3v) is 9.22. The van der Waals surface area contributed by atoms with E-state index in [1.165, 1.54) is 4.31 Å². The van der Waals surface area contributed by atoms with Crippen molar-refractivity contribution in [3.8, 4) is 0 Å². The number of sulfonamides is 1. The molecule has 1 saturated heterocycles. The second kappa shape index (κ2) is 10.4. The van der Waals surface area contributed by atoms with Crippen molar-refractivity contribution >= 4 is 32.7 Å². The Morgan fingerprint density at radius 3 is 2.42 bits per heavy atom. The third-order valence-electron chi connectivity index (χ3n) is 5.99. The van der Waals surface area contributed by atoms with Gasteiger partial charge in [-0.15, -0.1) is 0 Å². The number of amides is 1. The zero-order valence-corrected chi connectivity index (χ0v) is 21.8. The number of hydrogen-bond acceptors (Lipinski definition) is 6. The molecule has 0 saturated carbocycles. The van der Waals surface area contributed by atoms with Gasteiger partial charge < -0.3 is 19.5 Å². The van der Waals surface area contributed by atoms with E-state index >= 15 is 0 Å². The van der Waals surface area contributed by atoms with Gasteiger partial charge in [-0.2, -0.15) is 0 Å². The van der Waals surface area contributed by atoms with Crippen LogP contribution in [-0.2, 0) is 30.4 Å². The zero-order valence-electron chi connectivity index (χ0n) is 20.2. The summed E-state index contributed by atoms with van der Waals surface area (Å²) in [6.45, 7) is 6.65. The molecule has 2 aliphatic heterocycles. The number of hydrogen-bond donors (Lipinski definition) is 1. The Bertz CT molecular complexity index is 923. The lowest BCUT2D eigenvalue weighted by molar-refractivity contribution is 0.0163. The van der Waals surface area contributed by atoms with Gasteiger partial charge in [0, 0.05) is 18.7 Å². The Hall–Kier alpha value is -1.49. The van der Waals surface area contributed by atoms with E-state index in [1.54, 1.807) is 29.2 Å². The molecule has 1 amide bonds. The number of carbonyl (C=O) groups is 1. The topological polar surface area (TPSA) is 96.4 Å². The second-order valence-electron chi connectivity index (χ2n) is 9.89. The fourth-order valence-corrected chi connectivity index (χ4v) is 6.98. The molecule has 2 atom stereocenters. The Labute approximate surface area is 200 Å². The van der Waals surface area contributed by atoms with Gasteiger partial charge in [0.1, 0.15) is 23.3 Å². The van der Waals surface area contributed by atoms with Crippen molar-refractivity contribution in [2.24, 2.45) is 5.92 Å².